The number of nitrogens with zero attached hydrogens (tertiary/aromatic N) is 3. The van der Waals surface area contributed by atoms with Crippen LogP contribution in [0.1, 0.15) is 21.5 Å². The molecule has 1 aliphatic heterocycles. The number of halogens is 2. The number of carbonyl (C=O) groups is 1. The van der Waals surface area contributed by atoms with Gasteiger partial charge in [0.25, 0.3) is 5.91 Å². The molecule has 1 aliphatic rings. The van der Waals surface area contributed by atoms with Crippen LogP contribution in [-0.4, -0.2) is 51.4 Å². The van der Waals surface area contributed by atoms with Crippen LogP contribution in [0.3, 0.4) is 0 Å². The number of piperazine rings is 1. The average Bonchev–Trinajstić information content (AvgIpc) is 2.91. The molecule has 0 aliphatic carbocycles. The zero-order valence-electron chi connectivity index (χ0n) is 20.3. The number of fused-ring (bicyclic) bond motifs is 1. The fourth-order valence-electron chi connectivity index (χ4n) is 4.48. The van der Waals surface area contributed by atoms with Gasteiger partial charge in [0, 0.05) is 49.9 Å². The van der Waals surface area contributed by atoms with Gasteiger partial charge < -0.3 is 9.45 Å². The number of hydrogen-bond acceptors (Lipinski definition) is 5. The maximum absolute atomic E-state index is 13.7. The van der Waals surface area contributed by atoms with Gasteiger partial charge in [-0.1, -0.05) is 35.9 Å². The van der Waals surface area contributed by atoms with Crippen LogP contribution >= 0.6 is 11.6 Å². The summed E-state index contributed by atoms with van der Waals surface area (Å²) in [7, 11) is 0. The lowest BCUT2D eigenvalue weighted by Crippen LogP contribution is -2.48. The van der Waals surface area contributed by atoms with E-state index in [9.17, 15) is 13.7 Å². The van der Waals surface area contributed by atoms with Crippen molar-refractivity contribution in [2.45, 2.75) is 18.4 Å². The van der Waals surface area contributed by atoms with Gasteiger partial charge in [0.05, 0.1) is 10.7 Å². The van der Waals surface area contributed by atoms with Crippen molar-refractivity contribution < 1.29 is 13.7 Å². The Morgan fingerprint density at radius 2 is 1.86 bits per heavy atom. The standard InChI is InChI=1S/C28H26ClFN4O2S/c1-19-16-22(8-10-25(19)32-37(36)26-6-2-4-21-5-3-11-31-27(21)26)28(35)34-14-12-33(13-15-34)18-20-7-9-23(29)24(30)17-20/h2-11,16-17,32H,12-15,18H2,1H3/t37-/m0/s1. The molecule has 1 atom stereocenters. The second-order valence-electron chi connectivity index (χ2n) is 9.05. The number of pyridine rings is 1. The summed E-state index contributed by atoms with van der Waals surface area (Å²) in [4.78, 5) is 22.2. The van der Waals surface area contributed by atoms with Crippen LogP contribution < -0.4 is 4.72 Å². The van der Waals surface area contributed by atoms with Crippen molar-refractivity contribution in [1.29, 1.82) is 0 Å². The highest BCUT2D eigenvalue weighted by molar-refractivity contribution is 7.93. The van der Waals surface area contributed by atoms with Crippen molar-refractivity contribution in [3.05, 3.63) is 100 Å². The number of rotatable bonds is 6. The van der Waals surface area contributed by atoms with E-state index in [0.717, 1.165) is 16.5 Å². The maximum Gasteiger partial charge on any atom is 0.253 e. The second kappa shape index (κ2) is 11.1. The largest absolute Gasteiger partial charge is 0.588 e. The molecule has 9 heteroatoms. The number of benzene rings is 3. The van der Waals surface area contributed by atoms with Crippen LogP contribution in [0.2, 0.25) is 5.02 Å². The molecule has 1 aromatic heterocycles. The maximum atomic E-state index is 13.7. The molecule has 1 N–H and O–H groups in total. The Hall–Kier alpha value is -3.17. The van der Waals surface area contributed by atoms with Crippen molar-refractivity contribution in [2.75, 3.05) is 30.9 Å². The molecule has 6 nitrogen and oxygen atoms in total. The predicted octanol–water partition coefficient (Wildman–Crippen LogP) is 5.43. The van der Waals surface area contributed by atoms with Gasteiger partial charge in [-0.05, 0) is 60.5 Å². The zero-order valence-corrected chi connectivity index (χ0v) is 21.9. The normalized spacial score (nSPS) is 15.1. The van der Waals surface area contributed by atoms with E-state index in [1.54, 1.807) is 30.5 Å². The summed E-state index contributed by atoms with van der Waals surface area (Å²) in [5.74, 6) is -0.454. The van der Waals surface area contributed by atoms with Gasteiger partial charge in [0.15, 0.2) is 0 Å². The van der Waals surface area contributed by atoms with Crippen LogP contribution in [-0.2, 0) is 17.9 Å². The lowest BCUT2D eigenvalue weighted by molar-refractivity contribution is 0.0628. The topological polar surface area (TPSA) is 71.5 Å². The molecule has 0 unspecified atom stereocenters. The Bertz CT molecular complexity index is 1440. The molecule has 1 saturated heterocycles. The van der Waals surface area contributed by atoms with Gasteiger partial charge in [-0.15, -0.1) is 0 Å². The summed E-state index contributed by atoms with van der Waals surface area (Å²) in [6, 6.07) is 19.6. The molecule has 1 fully saturated rings. The van der Waals surface area contributed by atoms with Crippen molar-refractivity contribution in [2.24, 2.45) is 0 Å². The van der Waals surface area contributed by atoms with Crippen molar-refractivity contribution in [3.63, 3.8) is 0 Å². The van der Waals surface area contributed by atoms with Crippen LogP contribution in [0.4, 0.5) is 10.1 Å². The highest BCUT2D eigenvalue weighted by Crippen LogP contribution is 2.26. The molecule has 2 heterocycles. The first-order valence-corrected chi connectivity index (χ1v) is 13.5. The molecule has 4 aromatic rings. The Kier molecular flexibility index (Phi) is 7.62. The van der Waals surface area contributed by atoms with Crippen LogP contribution in [0.15, 0.2) is 77.8 Å². The molecule has 37 heavy (non-hydrogen) atoms. The average molecular weight is 537 g/mol. The number of carbonyl (C=O) groups excluding carboxylic acids is 1. The third-order valence-electron chi connectivity index (χ3n) is 6.52. The Morgan fingerprint density at radius 3 is 2.62 bits per heavy atom. The fraction of sp³-hybridized carbons (Fsp3) is 0.214. The lowest BCUT2D eigenvalue weighted by atomic mass is 10.1. The number of nitrogens with one attached hydrogen (secondary N) is 1. The summed E-state index contributed by atoms with van der Waals surface area (Å²) >= 11 is 4.27. The summed E-state index contributed by atoms with van der Waals surface area (Å²) in [5.41, 5.74) is 3.67. The van der Waals surface area contributed by atoms with Gasteiger partial charge in [-0.25, -0.2) is 9.11 Å². The molecule has 190 valence electrons. The van der Waals surface area contributed by atoms with E-state index in [-0.39, 0.29) is 10.9 Å². The molecule has 1 amide bonds. The van der Waals surface area contributed by atoms with Crippen LogP contribution in [0.25, 0.3) is 10.9 Å². The van der Waals surface area contributed by atoms with Crippen molar-refractivity contribution >= 4 is 45.5 Å². The minimum absolute atomic E-state index is 0.0359. The van der Waals surface area contributed by atoms with Gasteiger partial charge in [0.2, 0.25) is 4.90 Å². The first-order valence-electron chi connectivity index (χ1n) is 12.0. The van der Waals surface area contributed by atoms with Crippen molar-refractivity contribution in [3.8, 4) is 0 Å². The van der Waals surface area contributed by atoms with E-state index >= 15 is 0 Å². The Morgan fingerprint density at radius 1 is 1.08 bits per heavy atom. The van der Waals surface area contributed by atoms with E-state index in [1.165, 1.54) is 6.07 Å². The van der Waals surface area contributed by atoms with E-state index in [0.29, 0.717) is 54.4 Å². The third kappa shape index (κ3) is 5.72. The molecule has 5 rings (SSSR count). The molecule has 3 aromatic carbocycles. The van der Waals surface area contributed by atoms with E-state index < -0.39 is 17.2 Å². The van der Waals surface area contributed by atoms with Gasteiger partial charge in [0.1, 0.15) is 22.7 Å². The SMILES string of the molecule is Cc1cc(C(=O)N2CCN(Cc3ccc(Cl)c(F)c3)CC2)ccc1N[S@@+]([O-])c1cccc2cccnc12. The number of para-hydroxylation sites is 1. The summed E-state index contributed by atoms with van der Waals surface area (Å²) < 4.78 is 29.9. The Labute approximate surface area is 223 Å². The Balaban J connectivity index is 1.21. The van der Waals surface area contributed by atoms with E-state index in [4.69, 9.17) is 11.6 Å². The van der Waals surface area contributed by atoms with E-state index in [2.05, 4.69) is 14.6 Å². The lowest BCUT2D eigenvalue weighted by Gasteiger charge is -2.35. The highest BCUT2D eigenvalue weighted by atomic mass is 35.5. The predicted molar refractivity (Wildman–Crippen MR) is 146 cm³/mol. The highest BCUT2D eigenvalue weighted by Gasteiger charge is 2.24. The van der Waals surface area contributed by atoms with Gasteiger partial charge in [-0.3, -0.25) is 14.7 Å². The molecule has 0 radical (unpaired) electrons. The smallest absolute Gasteiger partial charge is 0.253 e. The summed E-state index contributed by atoms with van der Waals surface area (Å²) in [6.07, 6.45) is 1.69. The first kappa shape index (κ1) is 25.5. The molecule has 0 saturated carbocycles. The number of hydrogen-bond donors (Lipinski definition) is 1. The third-order valence-corrected chi connectivity index (χ3v) is 7.96. The number of aromatic nitrogens is 1. The second-order valence-corrected chi connectivity index (χ2v) is 10.6. The monoisotopic (exact) mass is 536 g/mol. The number of anilines is 1. The zero-order chi connectivity index (χ0) is 25.9. The molecular formula is C28H26ClFN4O2S. The number of amides is 1. The summed E-state index contributed by atoms with van der Waals surface area (Å²) in [5, 5.41) is 1.04. The van der Waals surface area contributed by atoms with Crippen LogP contribution in [0, 0.1) is 12.7 Å². The fourth-order valence-corrected chi connectivity index (χ4v) is 5.68. The molecule has 0 spiro atoms. The minimum Gasteiger partial charge on any atom is -0.588 e. The first-order chi connectivity index (χ1) is 17.9. The molecule has 0 bridgehead atoms. The van der Waals surface area contributed by atoms with Gasteiger partial charge in [-0.2, -0.15) is 0 Å². The van der Waals surface area contributed by atoms with Crippen LogP contribution in [0.5, 0.6) is 0 Å². The quantitative estimate of drug-likeness (QED) is 0.333. The number of aryl methyl sites for hydroxylation is 1. The van der Waals surface area contributed by atoms with E-state index in [1.807, 2.05) is 48.2 Å². The van der Waals surface area contributed by atoms with Crippen molar-refractivity contribution in [1.82, 2.24) is 14.8 Å². The molecular weight excluding hydrogens is 511 g/mol. The van der Waals surface area contributed by atoms with Gasteiger partial charge >= 0.3 is 0 Å². The summed E-state index contributed by atoms with van der Waals surface area (Å²) in [6.45, 7) is 5.08. The minimum atomic E-state index is -1.51.